The molecule has 0 amide bonds. The molecule has 1 rings (SSSR count). The van der Waals surface area contributed by atoms with Crippen molar-refractivity contribution in [2.24, 2.45) is 0 Å². The highest BCUT2D eigenvalue weighted by molar-refractivity contribution is 5.15. The number of aryl methyl sites for hydroxylation is 2. The Morgan fingerprint density at radius 1 is 0.792 bits per heavy atom. The predicted molar refractivity (Wildman–Crippen MR) is 102 cm³/mol. The molecule has 1 aromatic rings. The van der Waals surface area contributed by atoms with Gasteiger partial charge >= 0.3 is 0 Å². The fourth-order valence-electron chi connectivity index (χ4n) is 3.27. The van der Waals surface area contributed by atoms with E-state index in [1.807, 2.05) is 13.0 Å². The zero-order chi connectivity index (χ0) is 17.6. The first-order chi connectivity index (χ1) is 11.6. The molecule has 0 aromatic carbocycles. The van der Waals surface area contributed by atoms with Crippen LogP contribution in [0.15, 0.2) is 16.9 Å². The van der Waals surface area contributed by atoms with Gasteiger partial charge in [-0.1, -0.05) is 84.0 Å². The average Bonchev–Trinajstić information content (AvgIpc) is 2.56. The van der Waals surface area contributed by atoms with Gasteiger partial charge in [0.2, 0.25) is 0 Å². The molecule has 0 saturated carbocycles. The van der Waals surface area contributed by atoms with Crippen LogP contribution >= 0.6 is 0 Å². The van der Waals surface area contributed by atoms with Crippen molar-refractivity contribution in [3.05, 3.63) is 33.7 Å². The van der Waals surface area contributed by atoms with Crippen LogP contribution in [0.1, 0.15) is 102 Å². The van der Waals surface area contributed by atoms with E-state index >= 15 is 0 Å². The first-order valence-electron chi connectivity index (χ1n) is 10.1. The molecule has 0 atom stereocenters. The van der Waals surface area contributed by atoms with Crippen LogP contribution < -0.4 is 5.56 Å². The summed E-state index contributed by atoms with van der Waals surface area (Å²) in [4.78, 5) is 11.5. The summed E-state index contributed by atoms with van der Waals surface area (Å²) in [7, 11) is 0. The van der Waals surface area contributed by atoms with Crippen LogP contribution in [0.2, 0.25) is 0 Å². The number of pyridine rings is 1. The summed E-state index contributed by atoms with van der Waals surface area (Å²) in [6, 6.07) is 3.37. The van der Waals surface area contributed by atoms with Gasteiger partial charge in [0, 0.05) is 6.07 Å². The maximum Gasteiger partial charge on any atom is 0.283 e. The second kappa shape index (κ2) is 13.1. The van der Waals surface area contributed by atoms with Gasteiger partial charge in [0.25, 0.3) is 5.56 Å². The van der Waals surface area contributed by atoms with Crippen LogP contribution in [-0.2, 0) is 6.42 Å². The third kappa shape index (κ3) is 9.14. The largest absolute Gasteiger partial charge is 0.425 e. The normalized spacial score (nSPS) is 11.1. The van der Waals surface area contributed by atoms with Crippen LogP contribution in [-0.4, -0.2) is 9.94 Å². The van der Waals surface area contributed by atoms with E-state index in [2.05, 4.69) is 6.92 Å². The Hall–Kier alpha value is -1.25. The van der Waals surface area contributed by atoms with E-state index < -0.39 is 0 Å². The van der Waals surface area contributed by atoms with Gasteiger partial charge in [-0.05, 0) is 31.4 Å². The van der Waals surface area contributed by atoms with Crippen molar-refractivity contribution in [2.45, 2.75) is 104 Å². The molecule has 0 aliphatic rings. The maximum atomic E-state index is 11.5. The zero-order valence-corrected chi connectivity index (χ0v) is 15.9. The van der Waals surface area contributed by atoms with Crippen molar-refractivity contribution in [1.82, 2.24) is 4.73 Å². The standard InChI is InChI=1S/C21H37NO2/c1-3-4-5-6-7-8-9-10-11-12-13-14-15-16-20-17-19(2)18-21(23)22(20)24/h17-18,24H,3-16H2,1-2H3. The maximum absolute atomic E-state index is 11.5. The number of hydrogen-bond donors (Lipinski definition) is 1. The lowest BCUT2D eigenvalue weighted by atomic mass is 10.0. The molecular formula is C21H37NO2. The molecule has 138 valence electrons. The fourth-order valence-corrected chi connectivity index (χ4v) is 3.27. The smallest absolute Gasteiger partial charge is 0.283 e. The second-order valence-electron chi connectivity index (χ2n) is 7.17. The summed E-state index contributed by atoms with van der Waals surface area (Å²) in [5.74, 6) is 0. The van der Waals surface area contributed by atoms with E-state index in [0.717, 1.165) is 28.8 Å². The van der Waals surface area contributed by atoms with Gasteiger partial charge in [-0.15, -0.1) is 0 Å². The lowest BCUT2D eigenvalue weighted by Gasteiger charge is -2.07. The number of aromatic nitrogens is 1. The van der Waals surface area contributed by atoms with Crippen molar-refractivity contribution in [2.75, 3.05) is 0 Å². The Balaban J connectivity index is 1.95. The molecule has 1 aromatic heterocycles. The van der Waals surface area contributed by atoms with E-state index in [1.165, 1.54) is 83.1 Å². The van der Waals surface area contributed by atoms with Crippen molar-refractivity contribution >= 4 is 0 Å². The lowest BCUT2D eigenvalue weighted by molar-refractivity contribution is 0.164. The quantitative estimate of drug-likeness (QED) is 0.333. The van der Waals surface area contributed by atoms with Crippen LogP contribution in [0, 0.1) is 6.92 Å². The Morgan fingerprint density at radius 3 is 1.75 bits per heavy atom. The monoisotopic (exact) mass is 335 g/mol. The third-order valence-corrected chi connectivity index (χ3v) is 4.76. The minimum Gasteiger partial charge on any atom is -0.425 e. The van der Waals surface area contributed by atoms with Crippen molar-refractivity contribution < 1.29 is 5.21 Å². The van der Waals surface area contributed by atoms with E-state index in [-0.39, 0.29) is 5.56 Å². The van der Waals surface area contributed by atoms with Crippen LogP contribution in [0.25, 0.3) is 0 Å². The number of nitrogens with zero attached hydrogens (tertiary/aromatic N) is 1. The molecule has 0 saturated heterocycles. The van der Waals surface area contributed by atoms with Crippen LogP contribution in [0.4, 0.5) is 0 Å². The third-order valence-electron chi connectivity index (χ3n) is 4.76. The molecule has 3 heteroatoms. The minimum absolute atomic E-state index is 0.320. The molecular weight excluding hydrogens is 298 g/mol. The molecule has 0 aliphatic carbocycles. The predicted octanol–water partition coefficient (Wildman–Crippen LogP) is 6.03. The molecule has 0 bridgehead atoms. The zero-order valence-electron chi connectivity index (χ0n) is 15.9. The Bertz CT molecular complexity index is 493. The average molecular weight is 336 g/mol. The van der Waals surface area contributed by atoms with Gasteiger partial charge in [0.05, 0.1) is 5.69 Å². The van der Waals surface area contributed by atoms with E-state index in [4.69, 9.17) is 0 Å². The molecule has 24 heavy (non-hydrogen) atoms. The van der Waals surface area contributed by atoms with Gasteiger partial charge in [-0.25, -0.2) is 0 Å². The molecule has 0 radical (unpaired) electrons. The topological polar surface area (TPSA) is 42.2 Å². The lowest BCUT2D eigenvalue weighted by Crippen LogP contribution is -2.20. The Morgan fingerprint density at radius 2 is 1.25 bits per heavy atom. The Labute approximate surface area is 148 Å². The van der Waals surface area contributed by atoms with Crippen molar-refractivity contribution in [3.8, 4) is 0 Å². The summed E-state index contributed by atoms with van der Waals surface area (Å²) >= 11 is 0. The van der Waals surface area contributed by atoms with Crippen molar-refractivity contribution in [1.29, 1.82) is 0 Å². The van der Waals surface area contributed by atoms with Crippen LogP contribution in [0.5, 0.6) is 0 Å². The highest BCUT2D eigenvalue weighted by Crippen LogP contribution is 2.13. The molecule has 3 nitrogen and oxygen atoms in total. The van der Waals surface area contributed by atoms with Gasteiger partial charge in [0.15, 0.2) is 0 Å². The number of rotatable bonds is 14. The van der Waals surface area contributed by atoms with Gasteiger partial charge < -0.3 is 5.21 Å². The molecule has 0 unspecified atom stereocenters. The van der Waals surface area contributed by atoms with Crippen LogP contribution in [0.3, 0.4) is 0 Å². The number of hydrogen-bond acceptors (Lipinski definition) is 2. The molecule has 1 N–H and O–H groups in total. The van der Waals surface area contributed by atoms with Gasteiger partial charge in [0.1, 0.15) is 0 Å². The first-order valence-corrected chi connectivity index (χ1v) is 10.1. The molecule has 0 fully saturated rings. The highest BCUT2D eigenvalue weighted by Gasteiger charge is 2.03. The SMILES string of the molecule is CCCCCCCCCCCCCCCc1cc(C)cc(=O)n1O. The summed E-state index contributed by atoms with van der Waals surface area (Å²) in [5.41, 5.74) is 1.35. The summed E-state index contributed by atoms with van der Waals surface area (Å²) < 4.78 is 0.799. The van der Waals surface area contributed by atoms with E-state index in [0.29, 0.717) is 0 Å². The second-order valence-corrected chi connectivity index (χ2v) is 7.17. The fraction of sp³-hybridized carbons (Fsp3) is 0.762. The van der Waals surface area contributed by atoms with E-state index in [1.54, 1.807) is 0 Å². The molecule has 0 aliphatic heterocycles. The summed E-state index contributed by atoms with van der Waals surface area (Å²) in [6.45, 7) is 4.16. The van der Waals surface area contributed by atoms with Crippen molar-refractivity contribution in [3.63, 3.8) is 0 Å². The first kappa shape index (κ1) is 20.8. The Kier molecular flexibility index (Phi) is 11.3. The highest BCUT2D eigenvalue weighted by atomic mass is 16.5. The molecule has 0 spiro atoms. The summed E-state index contributed by atoms with van der Waals surface area (Å²) in [5, 5.41) is 9.72. The minimum atomic E-state index is -0.320. The molecule has 1 heterocycles. The number of unbranched alkanes of at least 4 members (excludes halogenated alkanes) is 12. The van der Waals surface area contributed by atoms with Gasteiger partial charge in [-0.3, -0.25) is 4.79 Å². The van der Waals surface area contributed by atoms with E-state index in [9.17, 15) is 10.0 Å². The summed E-state index contributed by atoms with van der Waals surface area (Å²) in [6.07, 6.45) is 18.1. The van der Waals surface area contributed by atoms with Gasteiger partial charge in [-0.2, -0.15) is 4.73 Å².